The van der Waals surface area contributed by atoms with Crippen LogP contribution in [0.1, 0.15) is 18.5 Å². The van der Waals surface area contributed by atoms with E-state index in [1.165, 1.54) is 10.8 Å². The summed E-state index contributed by atoms with van der Waals surface area (Å²) in [6.45, 7) is 2.77. The molecule has 0 radical (unpaired) electrons. The summed E-state index contributed by atoms with van der Waals surface area (Å²) in [6.07, 6.45) is 3.16. The van der Waals surface area contributed by atoms with E-state index in [-0.39, 0.29) is 5.84 Å². The molecule has 120 valence electrons. The van der Waals surface area contributed by atoms with Crippen molar-refractivity contribution in [1.29, 1.82) is 0 Å². The highest BCUT2D eigenvalue weighted by molar-refractivity contribution is 6.09. The molecule has 0 aliphatic carbocycles. The van der Waals surface area contributed by atoms with E-state index in [1.54, 1.807) is 7.11 Å². The number of aromatic nitrogens is 2. The minimum Gasteiger partial charge on any atom is -0.497 e. The Morgan fingerprint density at radius 2 is 2.17 bits per heavy atom. The fraction of sp³-hybridized carbons (Fsp3) is 0.294. The van der Waals surface area contributed by atoms with Crippen molar-refractivity contribution in [3.63, 3.8) is 0 Å². The lowest BCUT2D eigenvalue weighted by atomic mass is 10.1. The quantitative estimate of drug-likeness (QED) is 0.328. The van der Waals surface area contributed by atoms with E-state index in [2.05, 4.69) is 20.8 Å². The molecule has 0 fully saturated rings. The summed E-state index contributed by atoms with van der Waals surface area (Å²) < 4.78 is 7.60. The molecular weight excluding hydrogens is 292 g/mol. The van der Waals surface area contributed by atoms with Gasteiger partial charge in [-0.2, -0.15) is 0 Å². The van der Waals surface area contributed by atoms with E-state index < -0.39 is 0 Å². The summed E-state index contributed by atoms with van der Waals surface area (Å²) >= 11 is 0. The second-order valence-corrected chi connectivity index (χ2v) is 5.52. The summed E-state index contributed by atoms with van der Waals surface area (Å²) in [5, 5.41) is 14.1. The molecular formula is C17H20N4O2. The number of nitrogens with two attached hydrogens (primary N) is 1. The molecule has 0 bridgehead atoms. The van der Waals surface area contributed by atoms with Crippen LogP contribution in [0.2, 0.25) is 0 Å². The van der Waals surface area contributed by atoms with Crippen LogP contribution in [0.4, 0.5) is 0 Å². The van der Waals surface area contributed by atoms with Gasteiger partial charge in [0.1, 0.15) is 11.6 Å². The van der Waals surface area contributed by atoms with Crippen molar-refractivity contribution in [2.45, 2.75) is 26.3 Å². The van der Waals surface area contributed by atoms with Crippen molar-refractivity contribution in [2.75, 3.05) is 7.11 Å². The normalized spacial score (nSPS) is 12.2. The van der Waals surface area contributed by atoms with Gasteiger partial charge in [0.25, 0.3) is 0 Å². The van der Waals surface area contributed by atoms with Crippen molar-refractivity contribution in [2.24, 2.45) is 10.9 Å². The number of hydrogen-bond donors (Lipinski definition) is 2. The molecule has 0 aliphatic heterocycles. The van der Waals surface area contributed by atoms with Crippen molar-refractivity contribution in [1.82, 2.24) is 9.55 Å². The number of ether oxygens (including phenoxy) is 1. The van der Waals surface area contributed by atoms with Crippen LogP contribution in [-0.4, -0.2) is 27.7 Å². The molecule has 0 saturated carbocycles. The molecule has 3 aromatic rings. The van der Waals surface area contributed by atoms with Crippen LogP contribution < -0.4 is 10.5 Å². The molecule has 0 unspecified atom stereocenters. The molecule has 3 N–H and O–H groups in total. The van der Waals surface area contributed by atoms with Gasteiger partial charge in [0.2, 0.25) is 0 Å². The first-order chi connectivity index (χ1) is 11.2. The van der Waals surface area contributed by atoms with E-state index in [9.17, 15) is 0 Å². The van der Waals surface area contributed by atoms with Crippen LogP contribution in [0.25, 0.3) is 21.8 Å². The number of nitrogens with zero attached hydrogens (tertiary/aromatic N) is 3. The minimum atomic E-state index is 0.248. The molecule has 0 atom stereocenters. The molecule has 3 rings (SSSR count). The summed E-state index contributed by atoms with van der Waals surface area (Å²) in [5.41, 5.74) is 8.79. The third-order valence-electron chi connectivity index (χ3n) is 4.11. The molecule has 6 heteroatoms. The number of pyridine rings is 1. The van der Waals surface area contributed by atoms with Crippen LogP contribution in [0.15, 0.2) is 35.6 Å². The van der Waals surface area contributed by atoms with Crippen molar-refractivity contribution < 1.29 is 9.94 Å². The van der Waals surface area contributed by atoms with E-state index in [0.717, 1.165) is 35.4 Å². The van der Waals surface area contributed by atoms with E-state index in [1.807, 2.05) is 31.3 Å². The van der Waals surface area contributed by atoms with E-state index >= 15 is 0 Å². The lowest BCUT2D eigenvalue weighted by Crippen LogP contribution is -2.12. The van der Waals surface area contributed by atoms with Gasteiger partial charge in [-0.05, 0) is 31.5 Å². The van der Waals surface area contributed by atoms with Gasteiger partial charge in [-0.15, -0.1) is 0 Å². The molecule has 2 aromatic heterocycles. The zero-order chi connectivity index (χ0) is 16.4. The zero-order valence-corrected chi connectivity index (χ0v) is 13.3. The molecule has 0 amide bonds. The Hall–Kier alpha value is -2.76. The number of benzene rings is 1. The van der Waals surface area contributed by atoms with Gasteiger partial charge < -0.3 is 20.2 Å². The monoisotopic (exact) mass is 312 g/mol. The fourth-order valence-corrected chi connectivity index (χ4v) is 3.03. The maximum absolute atomic E-state index is 8.68. The number of aryl methyl sites for hydroxylation is 2. The molecule has 0 aliphatic rings. The van der Waals surface area contributed by atoms with Crippen molar-refractivity contribution in [3.05, 3.63) is 36.2 Å². The van der Waals surface area contributed by atoms with E-state index in [0.29, 0.717) is 6.42 Å². The summed E-state index contributed by atoms with van der Waals surface area (Å²) in [4.78, 5) is 4.42. The zero-order valence-electron chi connectivity index (χ0n) is 13.3. The number of oxime groups is 1. The van der Waals surface area contributed by atoms with Crippen molar-refractivity contribution in [3.8, 4) is 5.75 Å². The average Bonchev–Trinajstić information content (AvgIpc) is 2.89. The second kappa shape index (κ2) is 6.16. The summed E-state index contributed by atoms with van der Waals surface area (Å²) in [5.74, 6) is 1.07. The molecule has 23 heavy (non-hydrogen) atoms. The summed E-state index contributed by atoms with van der Waals surface area (Å²) in [7, 11) is 1.67. The van der Waals surface area contributed by atoms with Crippen LogP contribution in [0.3, 0.4) is 0 Å². The average molecular weight is 312 g/mol. The van der Waals surface area contributed by atoms with E-state index in [4.69, 9.17) is 15.7 Å². The Kier molecular flexibility index (Phi) is 4.06. The first-order valence-corrected chi connectivity index (χ1v) is 7.53. The predicted octanol–water partition coefficient (Wildman–Crippen LogP) is 3.03. The van der Waals surface area contributed by atoms with Gasteiger partial charge in [0, 0.05) is 36.0 Å². The summed E-state index contributed by atoms with van der Waals surface area (Å²) in [6, 6.07) is 8.13. The SMILES string of the molecule is COc1ccc2c3ccnc(C)c3n(CCCC(N)=NO)c2c1. The third kappa shape index (κ3) is 2.67. The van der Waals surface area contributed by atoms with Crippen LogP contribution in [0.5, 0.6) is 5.75 Å². The molecule has 1 aromatic carbocycles. The first kappa shape index (κ1) is 15.1. The highest BCUT2D eigenvalue weighted by atomic mass is 16.5. The molecule has 0 saturated heterocycles. The Morgan fingerprint density at radius 3 is 2.91 bits per heavy atom. The predicted molar refractivity (Wildman–Crippen MR) is 91.2 cm³/mol. The lowest BCUT2D eigenvalue weighted by molar-refractivity contribution is 0.316. The largest absolute Gasteiger partial charge is 0.497 e. The first-order valence-electron chi connectivity index (χ1n) is 7.53. The molecule has 6 nitrogen and oxygen atoms in total. The number of fused-ring (bicyclic) bond motifs is 3. The Bertz CT molecular complexity index is 883. The van der Waals surface area contributed by atoms with Crippen LogP contribution >= 0.6 is 0 Å². The second-order valence-electron chi connectivity index (χ2n) is 5.52. The van der Waals surface area contributed by atoms with Gasteiger partial charge in [-0.25, -0.2) is 0 Å². The third-order valence-corrected chi connectivity index (χ3v) is 4.11. The molecule has 0 spiro atoms. The smallest absolute Gasteiger partial charge is 0.139 e. The lowest BCUT2D eigenvalue weighted by Gasteiger charge is -2.09. The Labute approximate surface area is 134 Å². The Morgan fingerprint density at radius 1 is 1.35 bits per heavy atom. The van der Waals surface area contributed by atoms with Gasteiger partial charge >= 0.3 is 0 Å². The maximum Gasteiger partial charge on any atom is 0.139 e. The van der Waals surface area contributed by atoms with Gasteiger partial charge in [0.05, 0.1) is 23.8 Å². The highest BCUT2D eigenvalue weighted by Gasteiger charge is 2.13. The highest BCUT2D eigenvalue weighted by Crippen LogP contribution is 2.32. The maximum atomic E-state index is 8.68. The van der Waals surface area contributed by atoms with Crippen LogP contribution in [-0.2, 0) is 6.54 Å². The Balaban J connectivity index is 2.14. The molecule has 2 heterocycles. The number of hydrogen-bond acceptors (Lipinski definition) is 4. The fourth-order valence-electron chi connectivity index (χ4n) is 3.03. The van der Waals surface area contributed by atoms with Crippen molar-refractivity contribution >= 4 is 27.6 Å². The number of methoxy groups -OCH3 is 1. The number of amidine groups is 1. The van der Waals surface area contributed by atoms with Gasteiger partial charge in [0.15, 0.2) is 0 Å². The van der Waals surface area contributed by atoms with Crippen LogP contribution in [0, 0.1) is 6.92 Å². The van der Waals surface area contributed by atoms with Gasteiger partial charge in [-0.1, -0.05) is 5.16 Å². The minimum absolute atomic E-state index is 0.248. The van der Waals surface area contributed by atoms with Gasteiger partial charge in [-0.3, -0.25) is 4.98 Å². The topological polar surface area (TPSA) is 85.7 Å². The standard InChI is InChI=1S/C17H20N4O2/c1-11-17-14(7-8-19-11)13-6-5-12(23-2)10-15(13)21(17)9-3-4-16(18)20-22/h5-8,10,22H,3-4,9H2,1-2H3,(H2,18,20). The number of rotatable bonds is 5.